The molecular weight excluding hydrogens is 312 g/mol. The second-order valence-corrected chi connectivity index (χ2v) is 8.22. The first-order valence-corrected chi connectivity index (χ1v) is 9.68. The fourth-order valence-corrected chi connectivity index (χ4v) is 3.60. The highest BCUT2D eigenvalue weighted by molar-refractivity contribution is 7.89. The van der Waals surface area contributed by atoms with Crippen LogP contribution in [-0.2, 0) is 10.0 Å². The van der Waals surface area contributed by atoms with Crippen LogP contribution in [0.25, 0.3) is 0 Å². The van der Waals surface area contributed by atoms with Gasteiger partial charge in [0.25, 0.3) is 5.91 Å². The predicted octanol–water partition coefficient (Wildman–Crippen LogP) is 2.63. The summed E-state index contributed by atoms with van der Waals surface area (Å²) in [6.07, 6.45) is 2.10. The molecule has 1 N–H and O–H groups in total. The molecule has 6 heteroatoms. The molecule has 0 aliphatic heterocycles. The Hall–Kier alpha value is -1.40. The highest BCUT2D eigenvalue weighted by Crippen LogP contribution is 2.32. The van der Waals surface area contributed by atoms with Crippen LogP contribution in [0.15, 0.2) is 29.2 Å². The highest BCUT2D eigenvalue weighted by atomic mass is 32.2. The molecule has 1 aliphatic rings. The Bertz CT molecular complexity index is 649. The number of nitrogens with zero attached hydrogens (tertiary/aromatic N) is 1. The molecule has 23 heavy (non-hydrogen) atoms. The molecule has 1 fully saturated rings. The van der Waals surface area contributed by atoms with Gasteiger partial charge in [0.05, 0.1) is 4.90 Å². The van der Waals surface area contributed by atoms with Crippen molar-refractivity contribution in [1.82, 2.24) is 9.62 Å². The van der Waals surface area contributed by atoms with Gasteiger partial charge in [-0.15, -0.1) is 0 Å². The van der Waals surface area contributed by atoms with E-state index in [2.05, 4.69) is 25.5 Å². The number of sulfonamides is 1. The Kier molecular flexibility index (Phi) is 5.47. The molecule has 1 saturated carbocycles. The van der Waals surface area contributed by atoms with E-state index < -0.39 is 10.0 Å². The van der Waals surface area contributed by atoms with E-state index in [9.17, 15) is 13.2 Å². The van der Waals surface area contributed by atoms with E-state index in [-0.39, 0.29) is 16.8 Å². The number of hydrogen-bond acceptors (Lipinski definition) is 3. The zero-order valence-corrected chi connectivity index (χ0v) is 15.1. The van der Waals surface area contributed by atoms with Gasteiger partial charge in [-0.25, -0.2) is 13.1 Å². The first-order chi connectivity index (χ1) is 10.8. The van der Waals surface area contributed by atoms with E-state index in [1.165, 1.54) is 12.1 Å². The number of carbonyl (C=O) groups excluding carboxylic acids is 1. The lowest BCUT2D eigenvalue weighted by Gasteiger charge is -2.32. The predicted molar refractivity (Wildman–Crippen MR) is 90.8 cm³/mol. The minimum atomic E-state index is -3.48. The lowest BCUT2D eigenvalue weighted by molar-refractivity contribution is 0.0627. The van der Waals surface area contributed by atoms with Crippen molar-refractivity contribution in [2.75, 3.05) is 6.54 Å². The van der Waals surface area contributed by atoms with Gasteiger partial charge in [-0.3, -0.25) is 4.79 Å². The highest BCUT2D eigenvalue weighted by Gasteiger charge is 2.37. The van der Waals surface area contributed by atoms with E-state index in [0.29, 0.717) is 24.1 Å². The molecule has 0 bridgehead atoms. The van der Waals surface area contributed by atoms with Crippen molar-refractivity contribution in [2.24, 2.45) is 5.92 Å². The smallest absolute Gasteiger partial charge is 0.254 e. The summed E-state index contributed by atoms with van der Waals surface area (Å²) in [5.41, 5.74) is 0.542. The number of amides is 1. The zero-order valence-electron chi connectivity index (χ0n) is 14.2. The van der Waals surface area contributed by atoms with Gasteiger partial charge < -0.3 is 4.90 Å². The molecule has 128 valence electrons. The van der Waals surface area contributed by atoms with Crippen molar-refractivity contribution < 1.29 is 13.2 Å². The quantitative estimate of drug-likeness (QED) is 0.831. The van der Waals surface area contributed by atoms with Crippen LogP contribution in [0.4, 0.5) is 0 Å². The molecule has 1 aromatic carbocycles. The van der Waals surface area contributed by atoms with Crippen molar-refractivity contribution >= 4 is 15.9 Å². The Morgan fingerprint density at radius 1 is 1.22 bits per heavy atom. The van der Waals surface area contributed by atoms with Crippen LogP contribution < -0.4 is 4.72 Å². The molecule has 1 aliphatic carbocycles. The molecule has 1 amide bonds. The average molecular weight is 338 g/mol. The van der Waals surface area contributed by atoms with E-state index in [1.807, 2.05) is 4.90 Å². The largest absolute Gasteiger partial charge is 0.333 e. The third-order valence-corrected chi connectivity index (χ3v) is 5.89. The van der Waals surface area contributed by atoms with Gasteiger partial charge in [0.2, 0.25) is 10.0 Å². The van der Waals surface area contributed by atoms with E-state index in [1.54, 1.807) is 19.1 Å². The van der Waals surface area contributed by atoms with Gasteiger partial charge in [0, 0.05) is 24.2 Å². The van der Waals surface area contributed by atoms with Gasteiger partial charge in [-0.2, -0.15) is 0 Å². The van der Waals surface area contributed by atoms with Crippen LogP contribution in [0, 0.1) is 5.92 Å². The van der Waals surface area contributed by atoms with Gasteiger partial charge in [0.1, 0.15) is 0 Å². The van der Waals surface area contributed by atoms with Gasteiger partial charge in [-0.05, 0) is 49.9 Å². The molecule has 0 saturated heterocycles. The van der Waals surface area contributed by atoms with Crippen LogP contribution in [0.1, 0.15) is 50.9 Å². The maximum Gasteiger partial charge on any atom is 0.254 e. The molecule has 1 atom stereocenters. The molecule has 0 aromatic heterocycles. The lowest BCUT2D eigenvalue weighted by Crippen LogP contribution is -2.43. The molecule has 0 spiro atoms. The first-order valence-electron chi connectivity index (χ1n) is 8.20. The van der Waals surface area contributed by atoms with Gasteiger partial charge in [0.15, 0.2) is 0 Å². The minimum absolute atomic E-state index is 0.0129. The van der Waals surface area contributed by atoms with Crippen LogP contribution in [0.5, 0.6) is 0 Å². The van der Waals surface area contributed by atoms with Crippen LogP contribution >= 0.6 is 0 Å². The fourth-order valence-electron chi connectivity index (χ4n) is 2.56. The summed E-state index contributed by atoms with van der Waals surface area (Å²) in [6.45, 7) is 8.37. The zero-order chi connectivity index (χ0) is 17.2. The second-order valence-electron chi connectivity index (χ2n) is 6.45. The summed E-state index contributed by atoms with van der Waals surface area (Å²) in [6, 6.07) is 6.70. The SMILES string of the molecule is CCNS(=O)(=O)c1ccc(C(=O)N(C2CC2)C(C)C(C)C)cc1. The minimum Gasteiger partial charge on any atom is -0.333 e. The number of benzene rings is 1. The Balaban J connectivity index is 2.22. The number of rotatable bonds is 7. The van der Waals surface area contributed by atoms with Crippen molar-refractivity contribution in [1.29, 1.82) is 0 Å². The lowest BCUT2D eigenvalue weighted by atomic mass is 10.0. The molecule has 1 aromatic rings. The Labute approximate surface area is 139 Å². The fraction of sp³-hybridized carbons (Fsp3) is 0.588. The van der Waals surface area contributed by atoms with E-state index >= 15 is 0 Å². The summed E-state index contributed by atoms with van der Waals surface area (Å²) in [7, 11) is -3.48. The van der Waals surface area contributed by atoms with Crippen LogP contribution in [0.2, 0.25) is 0 Å². The molecule has 2 rings (SSSR count). The molecule has 1 unspecified atom stereocenters. The van der Waals surface area contributed by atoms with Crippen molar-refractivity contribution in [3.8, 4) is 0 Å². The van der Waals surface area contributed by atoms with E-state index in [0.717, 1.165) is 12.8 Å². The number of hydrogen-bond donors (Lipinski definition) is 1. The van der Waals surface area contributed by atoms with Crippen molar-refractivity contribution in [2.45, 2.75) is 57.5 Å². The monoisotopic (exact) mass is 338 g/mol. The maximum atomic E-state index is 12.8. The van der Waals surface area contributed by atoms with Gasteiger partial charge >= 0.3 is 0 Å². The molecule has 0 radical (unpaired) electrons. The molecular formula is C17H26N2O3S. The summed E-state index contributed by atoms with van der Waals surface area (Å²) in [4.78, 5) is 15.0. The topological polar surface area (TPSA) is 66.5 Å². The van der Waals surface area contributed by atoms with Crippen molar-refractivity contribution in [3.05, 3.63) is 29.8 Å². The van der Waals surface area contributed by atoms with Crippen molar-refractivity contribution in [3.63, 3.8) is 0 Å². The third-order valence-electron chi connectivity index (χ3n) is 4.32. The Morgan fingerprint density at radius 3 is 2.22 bits per heavy atom. The molecule has 5 nitrogen and oxygen atoms in total. The summed E-state index contributed by atoms with van der Waals surface area (Å²) in [5, 5.41) is 0. The summed E-state index contributed by atoms with van der Waals surface area (Å²) >= 11 is 0. The summed E-state index contributed by atoms with van der Waals surface area (Å²) < 4.78 is 26.4. The van der Waals surface area contributed by atoms with Gasteiger partial charge in [-0.1, -0.05) is 20.8 Å². The Morgan fingerprint density at radius 2 is 1.78 bits per heavy atom. The second kappa shape index (κ2) is 7.01. The number of carbonyl (C=O) groups is 1. The summed E-state index contributed by atoms with van der Waals surface area (Å²) in [5.74, 6) is 0.369. The van der Waals surface area contributed by atoms with Crippen LogP contribution in [0.3, 0.4) is 0 Å². The maximum absolute atomic E-state index is 12.8. The molecule has 0 heterocycles. The van der Waals surface area contributed by atoms with E-state index in [4.69, 9.17) is 0 Å². The normalized spacial score (nSPS) is 16.4. The standard InChI is InChI=1S/C17H26N2O3S/c1-5-18-23(21,22)16-10-6-14(7-11-16)17(20)19(15-8-9-15)13(4)12(2)3/h6-7,10-13,15,18H,5,8-9H2,1-4H3. The van der Waals surface area contributed by atoms with Crippen LogP contribution in [-0.4, -0.2) is 37.9 Å². The average Bonchev–Trinajstić information content (AvgIpc) is 3.32. The third kappa shape index (κ3) is 4.12. The first kappa shape index (κ1) is 17.9. The number of nitrogens with one attached hydrogen (secondary N) is 1.